The van der Waals surface area contributed by atoms with E-state index < -0.39 is 29.0 Å². The van der Waals surface area contributed by atoms with Gasteiger partial charge in [-0.3, -0.25) is 0 Å². The SMILES string of the molecule is CO/N=C\[C@H](OCc1ccccc1)[C@@H](OC(=O)c1ccc(C)cc1)[C@@H](Br)COC(=O)c1ccc(C)cc1. The van der Waals surface area contributed by atoms with Gasteiger partial charge in [0.05, 0.1) is 28.8 Å². The van der Waals surface area contributed by atoms with E-state index in [0.717, 1.165) is 16.7 Å². The summed E-state index contributed by atoms with van der Waals surface area (Å²) in [5.74, 6) is -1.03. The summed E-state index contributed by atoms with van der Waals surface area (Å²) in [6, 6.07) is 23.7. The van der Waals surface area contributed by atoms with Crippen LogP contribution in [0.15, 0.2) is 84.0 Å². The van der Waals surface area contributed by atoms with Crippen LogP contribution < -0.4 is 0 Å². The van der Waals surface area contributed by atoms with Gasteiger partial charge in [0.25, 0.3) is 0 Å². The molecule has 0 aliphatic carbocycles. The number of alkyl halides is 1. The first-order chi connectivity index (χ1) is 17.9. The molecule has 3 aromatic carbocycles. The number of ether oxygens (including phenoxy) is 3. The molecule has 0 amide bonds. The summed E-state index contributed by atoms with van der Waals surface area (Å²) in [6.07, 6.45) is -0.286. The van der Waals surface area contributed by atoms with E-state index in [1.807, 2.05) is 68.4 Å². The maximum atomic E-state index is 13.0. The van der Waals surface area contributed by atoms with Gasteiger partial charge in [-0.05, 0) is 43.7 Å². The Balaban J connectivity index is 1.79. The Labute approximate surface area is 225 Å². The molecule has 3 rings (SSSR count). The van der Waals surface area contributed by atoms with Crippen molar-refractivity contribution in [3.05, 3.63) is 107 Å². The molecule has 0 unspecified atom stereocenters. The summed E-state index contributed by atoms with van der Waals surface area (Å²) in [5, 5.41) is 3.86. The van der Waals surface area contributed by atoms with Gasteiger partial charge in [-0.25, -0.2) is 9.59 Å². The second-order valence-corrected chi connectivity index (χ2v) is 9.59. The Bertz CT molecular complexity index is 1170. The van der Waals surface area contributed by atoms with Gasteiger partial charge in [0, 0.05) is 0 Å². The lowest BCUT2D eigenvalue weighted by molar-refractivity contribution is -0.0353. The van der Waals surface area contributed by atoms with Crippen LogP contribution in [0.2, 0.25) is 0 Å². The molecule has 3 aromatic rings. The summed E-state index contributed by atoms with van der Waals surface area (Å²) in [7, 11) is 1.41. The Morgan fingerprint density at radius 3 is 2.00 bits per heavy atom. The van der Waals surface area contributed by atoms with Crippen LogP contribution in [0.3, 0.4) is 0 Å². The number of halogens is 1. The van der Waals surface area contributed by atoms with Crippen molar-refractivity contribution in [1.29, 1.82) is 0 Å². The molecule has 0 aliphatic heterocycles. The van der Waals surface area contributed by atoms with Gasteiger partial charge in [-0.15, -0.1) is 0 Å². The summed E-state index contributed by atoms with van der Waals surface area (Å²) in [4.78, 5) is 29.9. The van der Waals surface area contributed by atoms with Gasteiger partial charge >= 0.3 is 11.9 Å². The number of oxime groups is 1. The molecule has 0 saturated heterocycles. The van der Waals surface area contributed by atoms with E-state index in [1.165, 1.54) is 13.3 Å². The zero-order chi connectivity index (χ0) is 26.6. The normalized spacial score (nSPS) is 13.5. The lowest BCUT2D eigenvalue weighted by Gasteiger charge is -2.28. The van der Waals surface area contributed by atoms with Crippen LogP contribution in [0.5, 0.6) is 0 Å². The van der Waals surface area contributed by atoms with Gasteiger partial charge in [0.1, 0.15) is 25.9 Å². The molecule has 0 fully saturated rings. The molecule has 0 radical (unpaired) electrons. The van der Waals surface area contributed by atoms with E-state index in [0.29, 0.717) is 11.1 Å². The van der Waals surface area contributed by atoms with Crippen LogP contribution in [0, 0.1) is 13.8 Å². The Hall–Kier alpha value is -3.49. The predicted molar refractivity (Wildman–Crippen MR) is 145 cm³/mol. The van der Waals surface area contributed by atoms with Gasteiger partial charge in [-0.1, -0.05) is 86.8 Å². The minimum atomic E-state index is -0.901. The van der Waals surface area contributed by atoms with Crippen molar-refractivity contribution < 1.29 is 28.6 Å². The molecule has 3 atom stereocenters. The zero-order valence-electron chi connectivity index (χ0n) is 21.0. The molecular formula is C29H30BrNO6. The first-order valence-electron chi connectivity index (χ1n) is 11.7. The second kappa shape index (κ2) is 14.3. The quantitative estimate of drug-likeness (QED) is 0.121. The summed E-state index contributed by atoms with van der Waals surface area (Å²) >= 11 is 3.55. The third-order valence-electron chi connectivity index (χ3n) is 5.47. The van der Waals surface area contributed by atoms with E-state index in [-0.39, 0.29) is 13.2 Å². The summed E-state index contributed by atoms with van der Waals surface area (Å²) in [5.41, 5.74) is 3.80. The maximum Gasteiger partial charge on any atom is 0.338 e. The van der Waals surface area contributed by atoms with Crippen molar-refractivity contribution in [2.45, 2.75) is 37.5 Å². The fourth-order valence-corrected chi connectivity index (χ4v) is 3.90. The van der Waals surface area contributed by atoms with E-state index in [1.54, 1.807) is 24.3 Å². The average molecular weight is 568 g/mol. The average Bonchev–Trinajstić information content (AvgIpc) is 2.92. The number of rotatable bonds is 12. The highest BCUT2D eigenvalue weighted by Crippen LogP contribution is 2.20. The van der Waals surface area contributed by atoms with Crippen molar-refractivity contribution in [3.63, 3.8) is 0 Å². The molecule has 0 N–H and O–H groups in total. The number of hydrogen-bond acceptors (Lipinski definition) is 7. The first kappa shape index (κ1) is 28.1. The molecule has 0 heterocycles. The van der Waals surface area contributed by atoms with Crippen LogP contribution in [0.1, 0.15) is 37.4 Å². The fourth-order valence-electron chi connectivity index (χ4n) is 3.36. The molecule has 0 aromatic heterocycles. The second-order valence-electron chi connectivity index (χ2n) is 8.41. The monoisotopic (exact) mass is 567 g/mol. The molecule has 7 nitrogen and oxygen atoms in total. The van der Waals surface area contributed by atoms with Gasteiger partial charge in [-0.2, -0.15) is 0 Å². The van der Waals surface area contributed by atoms with E-state index in [2.05, 4.69) is 21.1 Å². The van der Waals surface area contributed by atoms with Crippen LogP contribution in [-0.2, 0) is 25.7 Å². The lowest BCUT2D eigenvalue weighted by Crippen LogP contribution is -2.43. The number of carbonyl (C=O) groups excluding carboxylic acids is 2. The fraction of sp³-hybridized carbons (Fsp3) is 0.276. The van der Waals surface area contributed by atoms with E-state index >= 15 is 0 Å². The van der Waals surface area contributed by atoms with Crippen molar-refractivity contribution in [2.24, 2.45) is 5.16 Å². The van der Waals surface area contributed by atoms with Crippen LogP contribution in [0.25, 0.3) is 0 Å². The van der Waals surface area contributed by atoms with Gasteiger partial charge < -0.3 is 19.0 Å². The topological polar surface area (TPSA) is 83.4 Å². The Kier molecular flexibility index (Phi) is 10.9. The van der Waals surface area contributed by atoms with Crippen LogP contribution in [0.4, 0.5) is 0 Å². The number of nitrogens with zero attached hydrogens (tertiary/aromatic N) is 1. The highest BCUT2D eigenvalue weighted by atomic mass is 79.9. The van der Waals surface area contributed by atoms with Crippen LogP contribution in [-0.4, -0.2) is 48.9 Å². The summed E-state index contributed by atoms with van der Waals surface area (Å²) < 4.78 is 17.5. The molecule has 0 aliphatic rings. The Morgan fingerprint density at radius 1 is 0.865 bits per heavy atom. The lowest BCUT2D eigenvalue weighted by atomic mass is 10.1. The van der Waals surface area contributed by atoms with E-state index in [4.69, 9.17) is 19.0 Å². The number of hydrogen-bond donors (Lipinski definition) is 0. The zero-order valence-corrected chi connectivity index (χ0v) is 22.6. The number of aryl methyl sites for hydroxylation is 2. The smallest absolute Gasteiger partial charge is 0.338 e. The maximum absolute atomic E-state index is 13.0. The Morgan fingerprint density at radius 2 is 1.43 bits per heavy atom. The number of esters is 2. The molecule has 0 spiro atoms. The van der Waals surface area contributed by atoms with Crippen molar-refractivity contribution in [2.75, 3.05) is 13.7 Å². The molecule has 0 bridgehead atoms. The van der Waals surface area contributed by atoms with Crippen molar-refractivity contribution >= 4 is 34.1 Å². The third-order valence-corrected chi connectivity index (χ3v) is 6.26. The largest absolute Gasteiger partial charge is 0.461 e. The minimum absolute atomic E-state index is 0.0788. The van der Waals surface area contributed by atoms with E-state index in [9.17, 15) is 9.59 Å². The molecule has 194 valence electrons. The molecule has 0 saturated carbocycles. The van der Waals surface area contributed by atoms with Crippen molar-refractivity contribution in [3.8, 4) is 0 Å². The minimum Gasteiger partial charge on any atom is -0.461 e. The molecular weight excluding hydrogens is 538 g/mol. The molecule has 37 heavy (non-hydrogen) atoms. The van der Waals surface area contributed by atoms with Crippen LogP contribution >= 0.6 is 15.9 Å². The predicted octanol–water partition coefficient (Wildman–Crippen LogP) is 5.67. The number of benzene rings is 3. The van der Waals surface area contributed by atoms with Gasteiger partial charge in [0.2, 0.25) is 0 Å². The number of carbonyl (C=O) groups is 2. The third kappa shape index (κ3) is 8.84. The molecule has 8 heteroatoms. The highest BCUT2D eigenvalue weighted by molar-refractivity contribution is 9.09. The highest BCUT2D eigenvalue weighted by Gasteiger charge is 2.33. The summed E-state index contributed by atoms with van der Waals surface area (Å²) in [6.45, 7) is 4.03. The van der Waals surface area contributed by atoms with Crippen molar-refractivity contribution in [1.82, 2.24) is 0 Å². The standard InChI is InChI=1S/C29H30BrNO6/c1-20-9-13-23(14-10-20)28(32)36-19-25(30)27(37-29(33)24-15-11-21(2)12-16-24)26(17-31-34-3)35-18-22-7-5-4-6-8-22/h4-17,25-27H,18-19H2,1-3H3/b31-17-/t25-,26-,27-/m0/s1. The first-order valence-corrected chi connectivity index (χ1v) is 12.7. The van der Waals surface area contributed by atoms with Gasteiger partial charge in [0.15, 0.2) is 0 Å².